The summed E-state index contributed by atoms with van der Waals surface area (Å²) < 4.78 is 0. The van der Waals surface area contributed by atoms with Crippen molar-refractivity contribution in [3.8, 4) is 0 Å². The van der Waals surface area contributed by atoms with Crippen molar-refractivity contribution < 1.29 is 9.59 Å². The van der Waals surface area contributed by atoms with Crippen LogP contribution in [0.4, 0.5) is 5.69 Å². The molecule has 0 aliphatic carbocycles. The molecular weight excluding hydrogens is 302 g/mol. The lowest BCUT2D eigenvalue weighted by Crippen LogP contribution is -2.45. The molecule has 1 aromatic carbocycles. The molecule has 2 rings (SSSR count). The zero-order chi connectivity index (χ0) is 17.7. The Kier molecular flexibility index (Phi) is 6.37. The molecule has 0 radical (unpaired) electrons. The Morgan fingerprint density at radius 1 is 1.08 bits per heavy atom. The fourth-order valence-electron chi connectivity index (χ4n) is 3.55. The van der Waals surface area contributed by atoms with Crippen LogP contribution in [0, 0.1) is 25.7 Å². The largest absolute Gasteiger partial charge is 0.346 e. The topological polar surface area (TPSA) is 61.4 Å². The Bertz CT molecular complexity index is 570. The van der Waals surface area contributed by atoms with Gasteiger partial charge in [-0.3, -0.25) is 14.5 Å². The lowest BCUT2D eigenvalue weighted by molar-refractivity contribution is -0.125. The standard InChI is InChI=1S/C19H29N3O2/c1-13-8-14(2)11-22(10-13)12-18(24)20-9-17(23)21-19-15(3)6-5-7-16(19)4/h5-7,13-14H,8-12H2,1-4H3,(H,20,24)(H,21,23)/t13-,14-/m1/s1. The number of benzene rings is 1. The molecule has 0 unspecified atom stereocenters. The van der Waals surface area contributed by atoms with Crippen molar-refractivity contribution >= 4 is 17.5 Å². The maximum atomic E-state index is 12.1. The minimum atomic E-state index is -0.193. The molecule has 2 atom stereocenters. The summed E-state index contributed by atoms with van der Waals surface area (Å²) in [6.45, 7) is 10.6. The average Bonchev–Trinajstić information content (AvgIpc) is 2.48. The van der Waals surface area contributed by atoms with Crippen molar-refractivity contribution in [3.05, 3.63) is 29.3 Å². The van der Waals surface area contributed by atoms with E-state index in [2.05, 4.69) is 29.4 Å². The second-order valence-corrected chi connectivity index (χ2v) is 7.23. The third-order valence-electron chi connectivity index (χ3n) is 4.50. The molecule has 1 aliphatic rings. The van der Waals surface area contributed by atoms with Crippen molar-refractivity contribution in [2.75, 3.05) is 31.5 Å². The summed E-state index contributed by atoms with van der Waals surface area (Å²) in [5.74, 6) is 0.955. The Morgan fingerprint density at radius 2 is 1.67 bits per heavy atom. The number of para-hydroxylation sites is 1. The van der Waals surface area contributed by atoms with E-state index in [0.29, 0.717) is 18.4 Å². The Labute approximate surface area is 144 Å². The van der Waals surface area contributed by atoms with Crippen LogP contribution in [0.1, 0.15) is 31.4 Å². The van der Waals surface area contributed by atoms with E-state index in [-0.39, 0.29) is 18.4 Å². The molecule has 2 N–H and O–H groups in total. The molecule has 0 bridgehead atoms. The molecule has 1 aliphatic heterocycles. The summed E-state index contributed by atoms with van der Waals surface area (Å²) in [4.78, 5) is 26.3. The zero-order valence-corrected chi connectivity index (χ0v) is 15.2. The lowest BCUT2D eigenvalue weighted by Gasteiger charge is -2.34. The molecule has 1 saturated heterocycles. The Morgan fingerprint density at radius 3 is 2.25 bits per heavy atom. The number of amides is 2. The first-order valence-electron chi connectivity index (χ1n) is 8.70. The van der Waals surface area contributed by atoms with Gasteiger partial charge >= 0.3 is 0 Å². The fraction of sp³-hybridized carbons (Fsp3) is 0.579. The van der Waals surface area contributed by atoms with E-state index in [1.807, 2.05) is 32.0 Å². The summed E-state index contributed by atoms with van der Waals surface area (Å²) >= 11 is 0. The van der Waals surface area contributed by atoms with Crippen molar-refractivity contribution in [2.45, 2.75) is 34.1 Å². The minimum Gasteiger partial charge on any atom is -0.346 e. The van der Waals surface area contributed by atoms with Crippen molar-refractivity contribution in [3.63, 3.8) is 0 Å². The molecule has 0 aromatic heterocycles. The first-order valence-corrected chi connectivity index (χ1v) is 8.70. The first-order chi connectivity index (χ1) is 11.3. The van der Waals surface area contributed by atoms with E-state index >= 15 is 0 Å². The van der Waals surface area contributed by atoms with Crippen molar-refractivity contribution in [1.29, 1.82) is 0 Å². The summed E-state index contributed by atoms with van der Waals surface area (Å²) in [6.07, 6.45) is 1.22. The number of hydrogen-bond acceptors (Lipinski definition) is 3. The molecule has 24 heavy (non-hydrogen) atoms. The van der Waals surface area contributed by atoms with Crippen LogP contribution < -0.4 is 10.6 Å². The number of likely N-dealkylation sites (tertiary alicyclic amines) is 1. The van der Waals surface area contributed by atoms with E-state index in [4.69, 9.17) is 0 Å². The highest BCUT2D eigenvalue weighted by Gasteiger charge is 2.23. The minimum absolute atomic E-state index is 0.00551. The number of nitrogens with one attached hydrogen (secondary N) is 2. The van der Waals surface area contributed by atoms with Gasteiger partial charge in [-0.05, 0) is 43.2 Å². The second-order valence-electron chi connectivity index (χ2n) is 7.23. The van der Waals surface area contributed by atoms with Crippen LogP contribution in [0.3, 0.4) is 0 Å². The van der Waals surface area contributed by atoms with Crippen LogP contribution >= 0.6 is 0 Å². The van der Waals surface area contributed by atoms with Crippen molar-refractivity contribution in [2.24, 2.45) is 11.8 Å². The summed E-state index contributed by atoms with van der Waals surface area (Å²) in [5.41, 5.74) is 2.87. The van der Waals surface area contributed by atoms with Gasteiger partial charge in [0.15, 0.2) is 0 Å². The number of carbonyl (C=O) groups is 2. The number of hydrogen-bond donors (Lipinski definition) is 2. The van der Waals surface area contributed by atoms with E-state index < -0.39 is 0 Å². The van der Waals surface area contributed by atoms with Gasteiger partial charge < -0.3 is 10.6 Å². The molecule has 0 saturated carbocycles. The van der Waals surface area contributed by atoms with Crippen LogP contribution in [-0.4, -0.2) is 42.9 Å². The number of aryl methyl sites for hydroxylation is 2. The van der Waals surface area contributed by atoms with E-state index in [1.54, 1.807) is 0 Å². The number of anilines is 1. The molecular formula is C19H29N3O2. The highest BCUT2D eigenvalue weighted by Crippen LogP contribution is 2.20. The Hall–Kier alpha value is -1.88. The number of carbonyl (C=O) groups excluding carboxylic acids is 2. The smallest absolute Gasteiger partial charge is 0.243 e. The van der Waals surface area contributed by atoms with Crippen LogP contribution in [0.15, 0.2) is 18.2 Å². The highest BCUT2D eigenvalue weighted by atomic mass is 16.2. The molecule has 1 aromatic rings. The molecule has 2 amide bonds. The van der Waals surface area contributed by atoms with Gasteiger partial charge in [0.25, 0.3) is 0 Å². The Balaban J connectivity index is 1.78. The van der Waals surface area contributed by atoms with E-state index in [1.165, 1.54) is 6.42 Å². The number of rotatable bonds is 5. The SMILES string of the molecule is Cc1cccc(C)c1NC(=O)CNC(=O)CN1C[C@H](C)C[C@@H](C)C1. The third-order valence-corrected chi connectivity index (χ3v) is 4.50. The molecule has 132 valence electrons. The van der Waals surface area contributed by atoms with Gasteiger partial charge in [-0.15, -0.1) is 0 Å². The summed E-state index contributed by atoms with van der Waals surface area (Å²) in [7, 11) is 0. The van der Waals surface area contributed by atoms with Crippen LogP contribution in [0.25, 0.3) is 0 Å². The third kappa shape index (κ3) is 5.34. The monoisotopic (exact) mass is 331 g/mol. The quantitative estimate of drug-likeness (QED) is 0.870. The molecule has 0 spiro atoms. The molecule has 1 heterocycles. The maximum absolute atomic E-state index is 12.1. The van der Waals surface area contributed by atoms with E-state index in [0.717, 1.165) is 29.9 Å². The fourth-order valence-corrected chi connectivity index (χ4v) is 3.55. The normalized spacial score (nSPS) is 21.3. The lowest BCUT2D eigenvalue weighted by atomic mass is 9.92. The zero-order valence-electron chi connectivity index (χ0n) is 15.2. The van der Waals surface area contributed by atoms with Gasteiger partial charge in [-0.25, -0.2) is 0 Å². The molecule has 1 fully saturated rings. The van der Waals surface area contributed by atoms with Crippen LogP contribution in [0.2, 0.25) is 0 Å². The van der Waals surface area contributed by atoms with Crippen LogP contribution in [0.5, 0.6) is 0 Å². The summed E-state index contributed by atoms with van der Waals surface area (Å²) in [6, 6.07) is 5.88. The number of nitrogens with zero attached hydrogens (tertiary/aromatic N) is 1. The highest BCUT2D eigenvalue weighted by molar-refractivity contribution is 5.95. The van der Waals surface area contributed by atoms with Gasteiger partial charge in [0.1, 0.15) is 0 Å². The first kappa shape index (κ1) is 18.5. The second kappa shape index (κ2) is 8.29. The van der Waals surface area contributed by atoms with Gasteiger partial charge in [0.2, 0.25) is 11.8 Å². The van der Waals surface area contributed by atoms with E-state index in [9.17, 15) is 9.59 Å². The molecule has 5 heteroatoms. The van der Waals surface area contributed by atoms with Gasteiger partial charge in [0.05, 0.1) is 13.1 Å². The average molecular weight is 331 g/mol. The van der Waals surface area contributed by atoms with Crippen LogP contribution in [-0.2, 0) is 9.59 Å². The van der Waals surface area contributed by atoms with Crippen molar-refractivity contribution in [1.82, 2.24) is 10.2 Å². The number of piperidine rings is 1. The van der Waals surface area contributed by atoms with Gasteiger partial charge in [0, 0.05) is 18.8 Å². The maximum Gasteiger partial charge on any atom is 0.243 e. The van der Waals surface area contributed by atoms with Gasteiger partial charge in [-0.2, -0.15) is 0 Å². The molecule has 5 nitrogen and oxygen atoms in total. The predicted octanol–water partition coefficient (Wildman–Crippen LogP) is 2.34. The summed E-state index contributed by atoms with van der Waals surface area (Å²) in [5, 5.41) is 5.61. The predicted molar refractivity (Wildman–Crippen MR) is 96.9 cm³/mol. The van der Waals surface area contributed by atoms with Gasteiger partial charge in [-0.1, -0.05) is 32.0 Å².